The van der Waals surface area contributed by atoms with Gasteiger partial charge < -0.3 is 10.6 Å². The molecule has 168 valence electrons. The van der Waals surface area contributed by atoms with Crippen molar-refractivity contribution in [1.29, 1.82) is 0 Å². The average molecular weight is 454 g/mol. The Morgan fingerprint density at radius 3 is 2.47 bits per heavy atom. The minimum Gasteiger partial charge on any atom is -0.340 e. The summed E-state index contributed by atoms with van der Waals surface area (Å²) in [4.78, 5) is 21.2. The predicted octanol–water partition coefficient (Wildman–Crippen LogP) is 4.20. The second-order valence-corrected chi connectivity index (χ2v) is 7.41. The van der Waals surface area contributed by atoms with E-state index in [1.807, 2.05) is 18.2 Å². The first-order valence-electron chi connectivity index (χ1n) is 10.4. The van der Waals surface area contributed by atoms with Crippen molar-refractivity contribution in [3.8, 4) is 17.1 Å². The second-order valence-electron chi connectivity index (χ2n) is 7.41. The number of carbonyl (C=O) groups excluding carboxylic acids is 1. The number of halogens is 1. The fourth-order valence-corrected chi connectivity index (χ4v) is 3.37. The van der Waals surface area contributed by atoms with Gasteiger partial charge in [-0.2, -0.15) is 10.2 Å². The highest BCUT2D eigenvalue weighted by molar-refractivity contribution is 6.03. The zero-order chi connectivity index (χ0) is 23.5. The molecule has 1 amide bonds. The van der Waals surface area contributed by atoms with E-state index < -0.39 is 0 Å². The Hall–Kier alpha value is -4.86. The Bertz CT molecular complexity index is 1430. The number of aromatic nitrogens is 6. The number of amides is 1. The smallest absolute Gasteiger partial charge is 0.273 e. The highest BCUT2D eigenvalue weighted by Gasteiger charge is 2.15. The van der Waals surface area contributed by atoms with Crippen LogP contribution in [0.15, 0.2) is 85.5 Å². The molecule has 9 nitrogen and oxygen atoms in total. The lowest BCUT2D eigenvalue weighted by Gasteiger charge is -2.09. The zero-order valence-corrected chi connectivity index (χ0v) is 18.1. The Labute approximate surface area is 193 Å². The van der Waals surface area contributed by atoms with Crippen LogP contribution in [0, 0.1) is 5.82 Å². The molecular formula is C24H19FN8O. The second kappa shape index (κ2) is 8.94. The SMILES string of the molecule is Cn1nc(-c2ccc(F)cc2)cc1C(=O)Nc1ccc(Nc2cc(-n3cccn3)ncn2)cc1. The maximum absolute atomic E-state index is 13.2. The van der Waals surface area contributed by atoms with Gasteiger partial charge >= 0.3 is 0 Å². The summed E-state index contributed by atoms with van der Waals surface area (Å²) in [7, 11) is 1.69. The number of nitrogens with zero attached hydrogens (tertiary/aromatic N) is 6. The molecule has 0 aliphatic heterocycles. The van der Waals surface area contributed by atoms with Crippen LogP contribution < -0.4 is 10.6 Å². The lowest BCUT2D eigenvalue weighted by molar-refractivity contribution is 0.101. The summed E-state index contributed by atoms with van der Waals surface area (Å²) in [6.45, 7) is 0. The standard InChI is InChI=1S/C24H19FN8O/c1-32-21(13-20(31-32)16-3-5-17(25)6-4-16)24(34)30-19-9-7-18(8-10-19)29-22-14-23(27-15-26-22)33-12-2-11-28-33/h2-15H,1H3,(H,30,34)(H,26,27,29). The third-order valence-electron chi connectivity index (χ3n) is 5.06. The van der Waals surface area contributed by atoms with Crippen LogP contribution in [0.4, 0.5) is 21.6 Å². The summed E-state index contributed by atoms with van der Waals surface area (Å²) >= 11 is 0. The van der Waals surface area contributed by atoms with Gasteiger partial charge in [-0.15, -0.1) is 0 Å². The summed E-state index contributed by atoms with van der Waals surface area (Å²) in [6, 6.07) is 18.5. The molecule has 5 aromatic rings. The van der Waals surface area contributed by atoms with Gasteiger partial charge in [0.1, 0.15) is 23.7 Å². The summed E-state index contributed by atoms with van der Waals surface area (Å²) in [5.41, 5.74) is 3.12. The number of nitrogens with one attached hydrogen (secondary N) is 2. The minimum atomic E-state index is -0.325. The molecule has 0 unspecified atom stereocenters. The van der Waals surface area contributed by atoms with Crippen LogP contribution in [0.25, 0.3) is 17.1 Å². The molecule has 0 fully saturated rings. The van der Waals surface area contributed by atoms with Crippen molar-refractivity contribution >= 4 is 23.1 Å². The van der Waals surface area contributed by atoms with Crippen LogP contribution in [-0.2, 0) is 7.05 Å². The molecule has 0 atom stereocenters. The van der Waals surface area contributed by atoms with Crippen molar-refractivity contribution in [3.05, 3.63) is 97.0 Å². The van der Waals surface area contributed by atoms with E-state index >= 15 is 0 Å². The average Bonchev–Trinajstić information content (AvgIpc) is 3.51. The van der Waals surface area contributed by atoms with Crippen LogP contribution in [0.5, 0.6) is 0 Å². The monoisotopic (exact) mass is 454 g/mol. The summed E-state index contributed by atoms with van der Waals surface area (Å²) < 4.78 is 16.3. The molecule has 5 rings (SSSR count). The maximum Gasteiger partial charge on any atom is 0.273 e. The Kier molecular flexibility index (Phi) is 5.53. The van der Waals surface area contributed by atoms with E-state index in [0.29, 0.717) is 28.7 Å². The van der Waals surface area contributed by atoms with Gasteiger partial charge in [0.15, 0.2) is 5.82 Å². The highest BCUT2D eigenvalue weighted by Crippen LogP contribution is 2.22. The minimum absolute atomic E-state index is 0.302. The van der Waals surface area contributed by atoms with Crippen LogP contribution >= 0.6 is 0 Å². The molecule has 34 heavy (non-hydrogen) atoms. The van der Waals surface area contributed by atoms with Crippen molar-refractivity contribution in [2.45, 2.75) is 0 Å². The van der Waals surface area contributed by atoms with E-state index in [0.717, 1.165) is 11.3 Å². The number of aryl methyl sites for hydroxylation is 1. The van der Waals surface area contributed by atoms with Crippen molar-refractivity contribution in [2.75, 3.05) is 10.6 Å². The third-order valence-corrected chi connectivity index (χ3v) is 5.06. The molecule has 0 aliphatic rings. The molecule has 2 aromatic carbocycles. The van der Waals surface area contributed by atoms with E-state index in [2.05, 4.69) is 30.8 Å². The van der Waals surface area contributed by atoms with E-state index in [-0.39, 0.29) is 11.7 Å². The van der Waals surface area contributed by atoms with Crippen LogP contribution in [0.2, 0.25) is 0 Å². The Balaban J connectivity index is 1.26. The normalized spacial score (nSPS) is 10.8. The number of rotatable bonds is 6. The third kappa shape index (κ3) is 4.51. The van der Waals surface area contributed by atoms with Crippen molar-refractivity contribution in [1.82, 2.24) is 29.5 Å². The summed E-state index contributed by atoms with van der Waals surface area (Å²) in [6.07, 6.45) is 4.94. The first-order valence-corrected chi connectivity index (χ1v) is 10.4. The van der Waals surface area contributed by atoms with Gasteiger partial charge in [0.25, 0.3) is 5.91 Å². The molecule has 0 radical (unpaired) electrons. The molecule has 2 N–H and O–H groups in total. The van der Waals surface area contributed by atoms with E-state index in [4.69, 9.17) is 0 Å². The highest BCUT2D eigenvalue weighted by atomic mass is 19.1. The molecule has 3 aromatic heterocycles. The quantitative estimate of drug-likeness (QED) is 0.399. The van der Waals surface area contributed by atoms with Gasteiger partial charge in [-0.25, -0.2) is 19.0 Å². The van der Waals surface area contributed by atoms with Gasteiger partial charge in [0.2, 0.25) is 0 Å². The molecule has 3 heterocycles. The van der Waals surface area contributed by atoms with Gasteiger partial charge in [0.05, 0.1) is 5.69 Å². The molecule has 0 spiro atoms. The van der Waals surface area contributed by atoms with E-state index in [9.17, 15) is 9.18 Å². The van der Waals surface area contributed by atoms with E-state index in [1.54, 1.807) is 60.5 Å². The largest absolute Gasteiger partial charge is 0.340 e. The summed E-state index contributed by atoms with van der Waals surface area (Å²) in [5.74, 6) is 0.625. The predicted molar refractivity (Wildman–Crippen MR) is 125 cm³/mol. The van der Waals surface area contributed by atoms with Crippen molar-refractivity contribution in [3.63, 3.8) is 0 Å². The number of hydrogen-bond acceptors (Lipinski definition) is 6. The van der Waals surface area contributed by atoms with Crippen LogP contribution in [0.3, 0.4) is 0 Å². The molecule has 0 saturated heterocycles. The number of benzene rings is 2. The van der Waals surface area contributed by atoms with Gasteiger partial charge in [-0.3, -0.25) is 9.48 Å². The molecule has 0 aliphatic carbocycles. The number of anilines is 3. The Morgan fingerprint density at radius 2 is 1.74 bits per heavy atom. The first kappa shape index (κ1) is 21.0. The van der Waals surface area contributed by atoms with Crippen molar-refractivity contribution in [2.24, 2.45) is 7.05 Å². The Morgan fingerprint density at radius 1 is 0.971 bits per heavy atom. The van der Waals surface area contributed by atoms with E-state index in [1.165, 1.54) is 23.1 Å². The van der Waals surface area contributed by atoms with Crippen LogP contribution in [0.1, 0.15) is 10.5 Å². The summed E-state index contributed by atoms with van der Waals surface area (Å²) in [5, 5.41) is 14.6. The molecule has 0 bridgehead atoms. The fraction of sp³-hybridized carbons (Fsp3) is 0.0417. The molecular weight excluding hydrogens is 435 g/mol. The lowest BCUT2D eigenvalue weighted by Crippen LogP contribution is -2.16. The van der Waals surface area contributed by atoms with Gasteiger partial charge in [-0.05, 0) is 60.7 Å². The maximum atomic E-state index is 13.2. The number of hydrogen-bond donors (Lipinski definition) is 2. The lowest BCUT2D eigenvalue weighted by atomic mass is 10.1. The molecule has 0 saturated carbocycles. The van der Waals surface area contributed by atoms with Crippen LogP contribution in [-0.4, -0.2) is 35.4 Å². The topological polar surface area (TPSA) is 103 Å². The number of carbonyl (C=O) groups is 1. The first-order chi connectivity index (χ1) is 16.5. The van der Waals surface area contributed by atoms with Crippen molar-refractivity contribution < 1.29 is 9.18 Å². The fourth-order valence-electron chi connectivity index (χ4n) is 3.37. The molecule has 10 heteroatoms. The van der Waals surface area contributed by atoms with Gasteiger partial charge in [0, 0.05) is 42.4 Å². The van der Waals surface area contributed by atoms with Gasteiger partial charge in [-0.1, -0.05) is 0 Å². The zero-order valence-electron chi connectivity index (χ0n) is 18.1.